The van der Waals surface area contributed by atoms with E-state index in [0.717, 1.165) is 5.56 Å². The lowest BCUT2D eigenvalue weighted by atomic mass is 10.1. The Hall–Kier alpha value is -2.11. The second-order valence-corrected chi connectivity index (χ2v) is 3.74. The van der Waals surface area contributed by atoms with Gasteiger partial charge in [0.2, 0.25) is 5.75 Å². The van der Waals surface area contributed by atoms with Crippen molar-refractivity contribution in [3.8, 4) is 17.2 Å². The van der Waals surface area contributed by atoms with Crippen LogP contribution in [0.4, 0.5) is 0 Å². The first-order valence-electron chi connectivity index (χ1n) is 5.46. The third-order valence-electron chi connectivity index (χ3n) is 2.73. The molecule has 0 radical (unpaired) electrons. The molecule has 1 aromatic carbocycles. The molecule has 0 aliphatic carbocycles. The highest BCUT2D eigenvalue weighted by molar-refractivity contribution is 5.73. The van der Waals surface area contributed by atoms with Crippen LogP contribution in [0.5, 0.6) is 17.2 Å². The average molecular weight is 252 g/mol. The largest absolute Gasteiger partial charge is 0.493 e. The molecule has 18 heavy (non-hydrogen) atoms. The van der Waals surface area contributed by atoms with Crippen LogP contribution in [0.1, 0.15) is 11.7 Å². The molecule has 0 fully saturated rings. The number of hydrogen-bond donors (Lipinski definition) is 1. The van der Waals surface area contributed by atoms with E-state index < -0.39 is 0 Å². The highest BCUT2D eigenvalue weighted by Crippen LogP contribution is 2.40. The molecule has 1 atom stereocenters. The Morgan fingerprint density at radius 2 is 1.78 bits per heavy atom. The zero-order valence-corrected chi connectivity index (χ0v) is 10.6. The van der Waals surface area contributed by atoms with E-state index in [1.807, 2.05) is 12.1 Å². The second-order valence-electron chi connectivity index (χ2n) is 3.74. The zero-order valence-electron chi connectivity index (χ0n) is 10.6. The minimum absolute atomic E-state index is 0.203. The van der Waals surface area contributed by atoms with Crippen LogP contribution in [-0.4, -0.2) is 33.9 Å². The van der Waals surface area contributed by atoms with Gasteiger partial charge in [0.15, 0.2) is 11.5 Å². The monoisotopic (exact) mass is 252 g/mol. The molecule has 0 aromatic heterocycles. The fraction of sp³-hybridized carbons (Fsp3) is 0.417. The summed E-state index contributed by atoms with van der Waals surface area (Å²) >= 11 is 0. The predicted molar refractivity (Wildman–Crippen MR) is 66.4 cm³/mol. The summed E-state index contributed by atoms with van der Waals surface area (Å²) in [4.78, 5) is 4.01. The molecule has 0 saturated heterocycles. The summed E-state index contributed by atoms with van der Waals surface area (Å²) < 4.78 is 21.2. The molecule has 1 aliphatic heterocycles. The molecular weight excluding hydrogens is 236 g/mol. The van der Waals surface area contributed by atoms with E-state index in [1.165, 1.54) is 0 Å². The number of amidine groups is 1. The van der Waals surface area contributed by atoms with E-state index in [0.29, 0.717) is 23.8 Å². The Morgan fingerprint density at radius 3 is 2.17 bits per heavy atom. The van der Waals surface area contributed by atoms with Gasteiger partial charge in [-0.1, -0.05) is 0 Å². The number of hydrogen-bond acceptors (Lipinski definition) is 6. The summed E-state index contributed by atoms with van der Waals surface area (Å²) in [7, 11) is 4.70. The quantitative estimate of drug-likeness (QED) is 0.868. The molecule has 6 nitrogen and oxygen atoms in total. The summed E-state index contributed by atoms with van der Waals surface area (Å²) in [5, 5.41) is 0. The summed E-state index contributed by atoms with van der Waals surface area (Å²) in [6.07, 6.45) is -0.210. The fourth-order valence-corrected chi connectivity index (χ4v) is 1.85. The lowest BCUT2D eigenvalue weighted by Gasteiger charge is -2.16. The molecule has 6 heteroatoms. The SMILES string of the molecule is COc1cc(C2CN=C(N)O2)cc(OC)c1OC. The molecule has 0 saturated carbocycles. The lowest BCUT2D eigenvalue weighted by molar-refractivity contribution is 0.224. The molecule has 2 rings (SSSR count). The molecule has 0 bridgehead atoms. The van der Waals surface area contributed by atoms with Gasteiger partial charge in [0.05, 0.1) is 27.9 Å². The molecule has 1 aromatic rings. The molecule has 1 unspecified atom stereocenters. The zero-order chi connectivity index (χ0) is 13.1. The third kappa shape index (κ3) is 2.13. The smallest absolute Gasteiger partial charge is 0.282 e. The summed E-state index contributed by atoms with van der Waals surface area (Å²) in [6, 6.07) is 3.87. The highest BCUT2D eigenvalue weighted by Gasteiger charge is 2.23. The van der Waals surface area contributed by atoms with Gasteiger partial charge in [0.25, 0.3) is 6.02 Å². The first-order valence-corrected chi connectivity index (χ1v) is 5.46. The van der Waals surface area contributed by atoms with Crippen LogP contribution in [0.2, 0.25) is 0 Å². The first kappa shape index (κ1) is 12.3. The number of methoxy groups -OCH3 is 3. The molecule has 2 N–H and O–H groups in total. The highest BCUT2D eigenvalue weighted by atomic mass is 16.5. The van der Waals surface area contributed by atoms with Crippen molar-refractivity contribution in [2.45, 2.75) is 6.10 Å². The minimum Gasteiger partial charge on any atom is -0.493 e. The van der Waals surface area contributed by atoms with Crippen LogP contribution in [0.3, 0.4) is 0 Å². The van der Waals surface area contributed by atoms with Gasteiger partial charge in [-0.25, -0.2) is 4.99 Å². The molecule has 98 valence electrons. The standard InChI is InChI=1S/C12H16N2O4/c1-15-8-4-7(10-6-14-12(13)18-10)5-9(16-2)11(8)17-3/h4-5,10H,6H2,1-3H3,(H2,13,14). The van der Waals surface area contributed by atoms with E-state index in [9.17, 15) is 0 Å². The van der Waals surface area contributed by atoms with Crippen LogP contribution in [0, 0.1) is 0 Å². The van der Waals surface area contributed by atoms with E-state index in [1.54, 1.807) is 21.3 Å². The minimum atomic E-state index is -0.210. The van der Waals surface area contributed by atoms with Crippen LogP contribution in [0.15, 0.2) is 17.1 Å². The maximum Gasteiger partial charge on any atom is 0.282 e. The van der Waals surface area contributed by atoms with Crippen LogP contribution in [-0.2, 0) is 4.74 Å². The van der Waals surface area contributed by atoms with Crippen molar-refractivity contribution in [2.75, 3.05) is 27.9 Å². The number of nitrogens with two attached hydrogens (primary N) is 1. The Morgan fingerprint density at radius 1 is 1.17 bits per heavy atom. The molecule has 1 aliphatic rings. The van der Waals surface area contributed by atoms with Crippen molar-refractivity contribution in [1.82, 2.24) is 0 Å². The van der Waals surface area contributed by atoms with Crippen molar-refractivity contribution in [1.29, 1.82) is 0 Å². The van der Waals surface area contributed by atoms with Crippen LogP contribution < -0.4 is 19.9 Å². The third-order valence-corrected chi connectivity index (χ3v) is 2.73. The van der Waals surface area contributed by atoms with Crippen LogP contribution >= 0.6 is 0 Å². The van der Waals surface area contributed by atoms with E-state index in [2.05, 4.69) is 4.99 Å². The van der Waals surface area contributed by atoms with Gasteiger partial charge in [-0.3, -0.25) is 0 Å². The van der Waals surface area contributed by atoms with Gasteiger partial charge < -0.3 is 24.7 Å². The summed E-state index contributed by atoms with van der Waals surface area (Å²) in [5.41, 5.74) is 6.38. The van der Waals surface area contributed by atoms with E-state index in [-0.39, 0.29) is 12.1 Å². The maximum atomic E-state index is 5.50. The lowest BCUT2D eigenvalue weighted by Crippen LogP contribution is -2.13. The summed E-state index contributed by atoms with van der Waals surface area (Å²) in [6.45, 7) is 0.491. The molecule has 1 heterocycles. The first-order chi connectivity index (χ1) is 8.69. The van der Waals surface area contributed by atoms with E-state index >= 15 is 0 Å². The van der Waals surface area contributed by atoms with Gasteiger partial charge in [0.1, 0.15) is 6.10 Å². The topological polar surface area (TPSA) is 75.3 Å². The molecular formula is C12H16N2O4. The Balaban J connectivity index is 2.38. The van der Waals surface area contributed by atoms with Crippen molar-refractivity contribution < 1.29 is 18.9 Å². The van der Waals surface area contributed by atoms with Gasteiger partial charge >= 0.3 is 0 Å². The second kappa shape index (κ2) is 5.03. The molecule has 0 spiro atoms. The normalized spacial score (nSPS) is 17.9. The Bertz CT molecular complexity index is 448. The maximum absolute atomic E-state index is 5.50. The van der Waals surface area contributed by atoms with Crippen molar-refractivity contribution >= 4 is 6.02 Å². The van der Waals surface area contributed by atoms with Crippen LogP contribution in [0.25, 0.3) is 0 Å². The predicted octanol–water partition coefficient (Wildman–Crippen LogP) is 1.10. The Labute approximate surface area is 105 Å². The van der Waals surface area contributed by atoms with Gasteiger partial charge in [0, 0.05) is 5.56 Å². The van der Waals surface area contributed by atoms with Crippen molar-refractivity contribution in [3.63, 3.8) is 0 Å². The number of ether oxygens (including phenoxy) is 4. The van der Waals surface area contributed by atoms with Gasteiger partial charge in [-0.2, -0.15) is 0 Å². The Kier molecular flexibility index (Phi) is 3.45. The van der Waals surface area contributed by atoms with E-state index in [4.69, 9.17) is 24.7 Å². The number of aliphatic imine (C=N–C) groups is 1. The summed E-state index contributed by atoms with van der Waals surface area (Å²) in [5.74, 6) is 1.72. The average Bonchev–Trinajstić information content (AvgIpc) is 2.83. The van der Waals surface area contributed by atoms with Gasteiger partial charge in [-0.05, 0) is 12.1 Å². The number of rotatable bonds is 4. The molecule has 0 amide bonds. The van der Waals surface area contributed by atoms with Crippen molar-refractivity contribution in [2.24, 2.45) is 10.7 Å². The van der Waals surface area contributed by atoms with Crippen molar-refractivity contribution in [3.05, 3.63) is 17.7 Å². The van der Waals surface area contributed by atoms with Gasteiger partial charge in [-0.15, -0.1) is 0 Å². The number of benzene rings is 1. The number of nitrogens with zero attached hydrogens (tertiary/aromatic N) is 1. The fourth-order valence-electron chi connectivity index (χ4n) is 1.85.